The summed E-state index contributed by atoms with van der Waals surface area (Å²) in [5.74, 6) is 0.951. The topological polar surface area (TPSA) is 105 Å². The molecule has 0 atom stereocenters. The summed E-state index contributed by atoms with van der Waals surface area (Å²) in [4.78, 5) is 17.1. The van der Waals surface area contributed by atoms with E-state index in [9.17, 15) is 13.2 Å². The summed E-state index contributed by atoms with van der Waals surface area (Å²) in [6.45, 7) is 5.27. The smallest absolute Gasteiger partial charge is 0.245 e. The van der Waals surface area contributed by atoms with E-state index in [1.165, 1.54) is 15.9 Å². The molecule has 0 aliphatic carbocycles. The van der Waals surface area contributed by atoms with Crippen molar-refractivity contribution in [3.8, 4) is 11.4 Å². The largest absolute Gasteiger partial charge is 0.339 e. The molecule has 9 heteroatoms. The number of aryl methyl sites for hydroxylation is 1. The lowest BCUT2D eigenvalue weighted by Gasteiger charge is -2.26. The molecule has 0 unspecified atom stereocenters. The van der Waals surface area contributed by atoms with E-state index in [1.807, 2.05) is 24.3 Å². The van der Waals surface area contributed by atoms with Crippen molar-refractivity contribution in [2.24, 2.45) is 0 Å². The number of benzene rings is 2. The zero-order chi connectivity index (χ0) is 24.1. The van der Waals surface area contributed by atoms with Crippen molar-refractivity contribution >= 4 is 21.6 Å². The highest BCUT2D eigenvalue weighted by Crippen LogP contribution is 2.27. The summed E-state index contributed by atoms with van der Waals surface area (Å²) in [5.41, 5.74) is 2.36. The molecule has 1 saturated heterocycles. The van der Waals surface area contributed by atoms with Crippen molar-refractivity contribution in [2.45, 2.75) is 56.8 Å². The van der Waals surface area contributed by atoms with Crippen LogP contribution in [0.5, 0.6) is 0 Å². The number of anilines is 1. The van der Waals surface area contributed by atoms with Crippen LogP contribution < -0.4 is 5.32 Å². The molecule has 34 heavy (non-hydrogen) atoms. The minimum absolute atomic E-state index is 0.0893. The first-order valence-corrected chi connectivity index (χ1v) is 13.1. The van der Waals surface area contributed by atoms with Gasteiger partial charge in [-0.1, -0.05) is 61.8 Å². The van der Waals surface area contributed by atoms with Gasteiger partial charge in [0.05, 0.1) is 5.69 Å². The van der Waals surface area contributed by atoms with Crippen molar-refractivity contribution in [1.29, 1.82) is 0 Å². The Morgan fingerprint density at radius 3 is 2.47 bits per heavy atom. The quantitative estimate of drug-likeness (QED) is 0.503. The number of aromatic nitrogens is 2. The lowest BCUT2D eigenvalue weighted by atomic mass is 10.0. The SMILES string of the molecule is CC(C)c1ccc(-c2noc(CCC(=O)Nc3ccccc3S(=O)(=O)N3CCCCC3)n2)cc1. The normalized spacial score (nSPS) is 14.9. The minimum Gasteiger partial charge on any atom is -0.339 e. The third-order valence-corrected chi connectivity index (χ3v) is 7.92. The van der Waals surface area contributed by atoms with E-state index < -0.39 is 10.0 Å². The fraction of sp³-hybridized carbons (Fsp3) is 0.400. The highest BCUT2D eigenvalue weighted by Gasteiger charge is 2.28. The predicted octanol–water partition coefficient (Wildman–Crippen LogP) is 4.61. The maximum absolute atomic E-state index is 13.1. The molecule has 180 valence electrons. The summed E-state index contributed by atoms with van der Waals surface area (Å²) in [5, 5.41) is 6.77. The lowest BCUT2D eigenvalue weighted by Crippen LogP contribution is -2.36. The van der Waals surface area contributed by atoms with Gasteiger partial charge in [-0.15, -0.1) is 0 Å². The number of hydrogen-bond donors (Lipinski definition) is 1. The average Bonchev–Trinajstić information content (AvgIpc) is 3.33. The first-order chi connectivity index (χ1) is 16.3. The number of nitrogens with zero attached hydrogens (tertiary/aromatic N) is 3. The lowest BCUT2D eigenvalue weighted by molar-refractivity contribution is -0.116. The number of piperidine rings is 1. The Labute approximate surface area is 200 Å². The number of amides is 1. The summed E-state index contributed by atoms with van der Waals surface area (Å²) in [6.07, 6.45) is 3.07. The Morgan fingerprint density at radius 1 is 1.06 bits per heavy atom. The van der Waals surface area contributed by atoms with Gasteiger partial charge in [-0.2, -0.15) is 9.29 Å². The standard InChI is InChI=1S/C25H30N4O4S/c1-18(2)19-10-12-20(13-11-19)25-27-24(33-28-25)15-14-23(30)26-21-8-4-5-9-22(21)34(31,32)29-16-6-3-7-17-29/h4-5,8-13,18H,3,6-7,14-17H2,1-2H3,(H,26,30). The fourth-order valence-corrected chi connectivity index (χ4v) is 5.63. The van der Waals surface area contributed by atoms with Crippen LogP contribution in [0.3, 0.4) is 0 Å². The summed E-state index contributed by atoms with van der Waals surface area (Å²) in [6, 6.07) is 14.5. The molecule has 1 aliphatic heterocycles. The number of sulfonamides is 1. The number of nitrogens with one attached hydrogen (secondary N) is 1. The zero-order valence-corrected chi connectivity index (χ0v) is 20.3. The summed E-state index contributed by atoms with van der Waals surface area (Å²) < 4.78 is 33.0. The van der Waals surface area contributed by atoms with E-state index in [0.717, 1.165) is 24.8 Å². The van der Waals surface area contributed by atoms with E-state index >= 15 is 0 Å². The molecule has 1 aromatic heterocycles. The Balaban J connectivity index is 1.39. The Kier molecular flexibility index (Phi) is 7.43. The van der Waals surface area contributed by atoms with Gasteiger partial charge in [0, 0.05) is 31.5 Å². The summed E-state index contributed by atoms with van der Waals surface area (Å²) >= 11 is 0. The molecule has 0 radical (unpaired) electrons. The molecular weight excluding hydrogens is 452 g/mol. The van der Waals surface area contributed by atoms with Crippen molar-refractivity contribution < 1.29 is 17.7 Å². The van der Waals surface area contributed by atoms with E-state index in [-0.39, 0.29) is 29.3 Å². The molecule has 1 amide bonds. The van der Waals surface area contributed by atoms with Gasteiger partial charge in [-0.3, -0.25) is 4.79 Å². The van der Waals surface area contributed by atoms with Gasteiger partial charge in [0.2, 0.25) is 27.6 Å². The van der Waals surface area contributed by atoms with Gasteiger partial charge in [0.25, 0.3) is 0 Å². The predicted molar refractivity (Wildman–Crippen MR) is 130 cm³/mol. The molecule has 3 aromatic rings. The second-order valence-electron chi connectivity index (χ2n) is 8.80. The molecular formula is C25H30N4O4S. The Hall–Kier alpha value is -3.04. The van der Waals surface area contributed by atoms with Crippen LogP contribution in [0.15, 0.2) is 57.9 Å². The van der Waals surface area contributed by atoms with E-state index in [4.69, 9.17) is 4.52 Å². The Morgan fingerprint density at radius 2 is 1.76 bits per heavy atom. The third-order valence-electron chi connectivity index (χ3n) is 5.96. The fourth-order valence-electron chi connectivity index (χ4n) is 3.96. The van der Waals surface area contributed by atoms with E-state index in [0.29, 0.717) is 30.7 Å². The molecule has 0 spiro atoms. The first kappa shape index (κ1) is 24.1. The zero-order valence-electron chi connectivity index (χ0n) is 19.5. The average molecular weight is 483 g/mol. The van der Waals surface area contributed by atoms with Gasteiger partial charge in [0.15, 0.2) is 0 Å². The number of rotatable bonds is 8. The number of carbonyl (C=O) groups excluding carboxylic acids is 1. The van der Waals surface area contributed by atoms with Crippen LogP contribution in [0, 0.1) is 0 Å². The molecule has 0 bridgehead atoms. The third kappa shape index (κ3) is 5.53. The highest BCUT2D eigenvalue weighted by atomic mass is 32.2. The van der Waals surface area contributed by atoms with Gasteiger partial charge in [-0.25, -0.2) is 8.42 Å². The van der Waals surface area contributed by atoms with Crippen molar-refractivity contribution in [1.82, 2.24) is 14.4 Å². The maximum atomic E-state index is 13.1. The van der Waals surface area contributed by atoms with Crippen LogP contribution in [0.4, 0.5) is 5.69 Å². The van der Waals surface area contributed by atoms with E-state index in [1.54, 1.807) is 18.2 Å². The molecule has 1 N–H and O–H groups in total. The summed E-state index contributed by atoms with van der Waals surface area (Å²) in [7, 11) is -3.66. The number of para-hydroxylation sites is 1. The van der Waals surface area contributed by atoms with Crippen LogP contribution >= 0.6 is 0 Å². The van der Waals surface area contributed by atoms with Crippen LogP contribution in [-0.4, -0.2) is 41.9 Å². The molecule has 4 rings (SSSR count). The number of hydrogen-bond acceptors (Lipinski definition) is 6. The minimum atomic E-state index is -3.66. The number of carbonyl (C=O) groups is 1. The molecule has 0 saturated carbocycles. The van der Waals surface area contributed by atoms with Crippen molar-refractivity contribution in [2.75, 3.05) is 18.4 Å². The molecule has 8 nitrogen and oxygen atoms in total. The van der Waals surface area contributed by atoms with Gasteiger partial charge < -0.3 is 9.84 Å². The molecule has 1 aliphatic rings. The van der Waals surface area contributed by atoms with Crippen LogP contribution in [0.1, 0.15) is 56.9 Å². The maximum Gasteiger partial charge on any atom is 0.245 e. The van der Waals surface area contributed by atoms with Crippen LogP contribution in [0.2, 0.25) is 0 Å². The van der Waals surface area contributed by atoms with Crippen LogP contribution in [0.25, 0.3) is 11.4 Å². The van der Waals surface area contributed by atoms with Gasteiger partial charge >= 0.3 is 0 Å². The van der Waals surface area contributed by atoms with E-state index in [2.05, 4.69) is 29.3 Å². The van der Waals surface area contributed by atoms with Crippen LogP contribution in [-0.2, 0) is 21.2 Å². The second-order valence-corrected chi connectivity index (χ2v) is 10.7. The Bertz CT molecular complexity index is 1230. The van der Waals surface area contributed by atoms with Crippen molar-refractivity contribution in [3.05, 3.63) is 60.0 Å². The van der Waals surface area contributed by atoms with Crippen molar-refractivity contribution in [3.63, 3.8) is 0 Å². The molecule has 2 aromatic carbocycles. The van der Waals surface area contributed by atoms with Gasteiger partial charge in [-0.05, 0) is 36.5 Å². The monoisotopic (exact) mass is 482 g/mol. The highest BCUT2D eigenvalue weighted by molar-refractivity contribution is 7.89. The van der Waals surface area contributed by atoms with Gasteiger partial charge in [0.1, 0.15) is 4.90 Å². The first-order valence-electron chi connectivity index (χ1n) is 11.7. The molecule has 1 fully saturated rings. The second kappa shape index (κ2) is 10.5. The molecule has 2 heterocycles.